The standard InChI is InChI=1S/C9H16N2O5/c1-5(6(2)8(13)14)7(12)11-3-4-16-9(10)15/h5-6H,3-4H2,1-2H3,(H2,10,15)(H,11,12)(H,13,14). The molecule has 2 unspecified atom stereocenters. The second kappa shape index (κ2) is 6.65. The molecule has 0 spiro atoms. The maximum atomic E-state index is 11.4. The van der Waals surface area contributed by atoms with Crippen LogP contribution in [0, 0.1) is 11.8 Å². The summed E-state index contributed by atoms with van der Waals surface area (Å²) in [7, 11) is 0. The highest BCUT2D eigenvalue weighted by atomic mass is 16.5. The van der Waals surface area contributed by atoms with E-state index < -0.39 is 29.8 Å². The van der Waals surface area contributed by atoms with Gasteiger partial charge in [0.15, 0.2) is 0 Å². The van der Waals surface area contributed by atoms with E-state index in [1.165, 1.54) is 13.8 Å². The number of primary amides is 1. The first-order valence-electron chi connectivity index (χ1n) is 4.79. The van der Waals surface area contributed by atoms with Crippen LogP contribution < -0.4 is 11.1 Å². The zero-order valence-corrected chi connectivity index (χ0v) is 9.23. The van der Waals surface area contributed by atoms with Crippen molar-refractivity contribution in [2.45, 2.75) is 13.8 Å². The number of carboxylic acid groups (broad SMARTS) is 1. The van der Waals surface area contributed by atoms with E-state index in [0.717, 1.165) is 0 Å². The Hall–Kier alpha value is -1.79. The van der Waals surface area contributed by atoms with Crippen molar-refractivity contribution in [3.05, 3.63) is 0 Å². The molecule has 0 saturated heterocycles. The predicted molar refractivity (Wildman–Crippen MR) is 54.5 cm³/mol. The Morgan fingerprint density at radius 2 is 1.88 bits per heavy atom. The van der Waals surface area contributed by atoms with Crippen molar-refractivity contribution < 1.29 is 24.2 Å². The summed E-state index contributed by atoms with van der Waals surface area (Å²) in [5.74, 6) is -2.85. The van der Waals surface area contributed by atoms with Crippen LogP contribution in [0.4, 0.5) is 4.79 Å². The molecule has 0 aromatic rings. The van der Waals surface area contributed by atoms with Crippen molar-refractivity contribution in [1.82, 2.24) is 5.32 Å². The van der Waals surface area contributed by atoms with Crippen molar-refractivity contribution in [2.75, 3.05) is 13.2 Å². The lowest BCUT2D eigenvalue weighted by Gasteiger charge is -2.15. The predicted octanol–water partition coefficient (Wildman–Crippen LogP) is -0.445. The van der Waals surface area contributed by atoms with Crippen LogP contribution in [0.15, 0.2) is 0 Å². The third-order valence-corrected chi connectivity index (χ3v) is 2.20. The van der Waals surface area contributed by atoms with Crippen molar-refractivity contribution >= 4 is 18.0 Å². The summed E-state index contributed by atoms with van der Waals surface area (Å²) < 4.78 is 4.39. The number of carbonyl (C=O) groups is 3. The number of carbonyl (C=O) groups excluding carboxylic acids is 2. The second-order valence-corrected chi connectivity index (χ2v) is 3.37. The van der Waals surface area contributed by atoms with Gasteiger partial charge in [0.05, 0.1) is 12.5 Å². The molecule has 0 bridgehead atoms. The van der Waals surface area contributed by atoms with Crippen LogP contribution in [0.25, 0.3) is 0 Å². The zero-order chi connectivity index (χ0) is 12.7. The minimum absolute atomic E-state index is 0.0325. The fraction of sp³-hybridized carbons (Fsp3) is 0.667. The first-order chi connectivity index (χ1) is 7.36. The van der Waals surface area contributed by atoms with Crippen molar-refractivity contribution in [1.29, 1.82) is 0 Å². The van der Waals surface area contributed by atoms with Crippen LogP contribution in [0.3, 0.4) is 0 Å². The molecule has 92 valence electrons. The molecule has 0 fully saturated rings. The molecule has 0 aromatic heterocycles. The van der Waals surface area contributed by atoms with Gasteiger partial charge in [-0.3, -0.25) is 9.59 Å². The van der Waals surface area contributed by atoms with Crippen LogP contribution in [-0.2, 0) is 14.3 Å². The number of carboxylic acids is 1. The number of nitrogens with two attached hydrogens (primary N) is 1. The minimum atomic E-state index is -1.03. The number of rotatable bonds is 6. The van der Waals surface area contributed by atoms with Crippen LogP contribution >= 0.6 is 0 Å². The van der Waals surface area contributed by atoms with E-state index in [1.54, 1.807) is 0 Å². The van der Waals surface area contributed by atoms with E-state index >= 15 is 0 Å². The number of hydrogen-bond donors (Lipinski definition) is 3. The summed E-state index contributed by atoms with van der Waals surface area (Å²) in [6.45, 7) is 3.04. The molecule has 0 aliphatic rings. The summed E-state index contributed by atoms with van der Waals surface area (Å²) in [6.07, 6.45) is -0.916. The van der Waals surface area contributed by atoms with Crippen molar-refractivity contribution in [3.8, 4) is 0 Å². The number of nitrogens with one attached hydrogen (secondary N) is 1. The van der Waals surface area contributed by atoms with Gasteiger partial charge in [0.2, 0.25) is 5.91 Å². The fourth-order valence-corrected chi connectivity index (χ4v) is 0.928. The molecular formula is C9H16N2O5. The van der Waals surface area contributed by atoms with Crippen LogP contribution in [-0.4, -0.2) is 36.2 Å². The number of ether oxygens (including phenoxy) is 1. The van der Waals surface area contributed by atoms with E-state index in [-0.39, 0.29) is 13.2 Å². The lowest BCUT2D eigenvalue weighted by molar-refractivity contribution is -0.146. The molecule has 0 aliphatic carbocycles. The largest absolute Gasteiger partial charge is 0.481 e. The third kappa shape index (κ3) is 5.18. The Kier molecular flexibility index (Phi) is 5.91. The SMILES string of the molecule is CC(C(=O)O)C(C)C(=O)NCCOC(N)=O. The maximum Gasteiger partial charge on any atom is 0.404 e. The Bertz CT molecular complexity index is 279. The van der Waals surface area contributed by atoms with Gasteiger partial charge in [0.25, 0.3) is 0 Å². The van der Waals surface area contributed by atoms with Gasteiger partial charge in [-0.15, -0.1) is 0 Å². The highest BCUT2D eigenvalue weighted by molar-refractivity contribution is 5.84. The molecule has 0 aliphatic heterocycles. The molecule has 0 heterocycles. The van der Waals surface area contributed by atoms with Gasteiger partial charge in [-0.1, -0.05) is 13.8 Å². The smallest absolute Gasteiger partial charge is 0.404 e. The highest BCUT2D eigenvalue weighted by Gasteiger charge is 2.25. The lowest BCUT2D eigenvalue weighted by atomic mass is 9.95. The molecule has 0 radical (unpaired) electrons. The van der Waals surface area contributed by atoms with Crippen LogP contribution in [0.5, 0.6) is 0 Å². The fourth-order valence-electron chi connectivity index (χ4n) is 0.928. The molecule has 7 heteroatoms. The summed E-state index contributed by atoms with van der Waals surface area (Å²) in [6, 6.07) is 0. The van der Waals surface area contributed by atoms with Gasteiger partial charge < -0.3 is 20.9 Å². The van der Waals surface area contributed by atoms with Gasteiger partial charge in [-0.25, -0.2) is 4.79 Å². The summed E-state index contributed by atoms with van der Waals surface area (Å²) >= 11 is 0. The molecule has 0 aromatic carbocycles. The van der Waals surface area contributed by atoms with E-state index in [4.69, 9.17) is 10.8 Å². The average Bonchev–Trinajstić information content (AvgIpc) is 2.21. The Labute approximate surface area is 92.9 Å². The van der Waals surface area contributed by atoms with E-state index in [9.17, 15) is 14.4 Å². The number of hydrogen-bond acceptors (Lipinski definition) is 4. The average molecular weight is 232 g/mol. The Morgan fingerprint density at radius 3 is 2.31 bits per heavy atom. The molecule has 4 N–H and O–H groups in total. The monoisotopic (exact) mass is 232 g/mol. The molecule has 0 rings (SSSR count). The minimum Gasteiger partial charge on any atom is -0.481 e. The summed E-state index contributed by atoms with van der Waals surface area (Å²) in [4.78, 5) is 32.2. The topological polar surface area (TPSA) is 119 Å². The van der Waals surface area contributed by atoms with Crippen molar-refractivity contribution in [2.24, 2.45) is 17.6 Å². The van der Waals surface area contributed by atoms with E-state index in [1.807, 2.05) is 0 Å². The highest BCUT2D eigenvalue weighted by Crippen LogP contribution is 2.10. The third-order valence-electron chi connectivity index (χ3n) is 2.20. The van der Waals surface area contributed by atoms with E-state index in [0.29, 0.717) is 0 Å². The van der Waals surface area contributed by atoms with Gasteiger partial charge in [-0.05, 0) is 0 Å². The van der Waals surface area contributed by atoms with Crippen molar-refractivity contribution in [3.63, 3.8) is 0 Å². The number of aliphatic carboxylic acids is 1. The van der Waals surface area contributed by atoms with Crippen LogP contribution in [0.2, 0.25) is 0 Å². The Morgan fingerprint density at radius 1 is 1.31 bits per heavy atom. The summed E-state index contributed by atoms with van der Waals surface area (Å²) in [5.41, 5.74) is 4.71. The summed E-state index contributed by atoms with van der Waals surface area (Å²) in [5, 5.41) is 11.1. The molecule has 16 heavy (non-hydrogen) atoms. The van der Waals surface area contributed by atoms with E-state index in [2.05, 4.69) is 10.1 Å². The Balaban J connectivity index is 3.88. The normalized spacial score (nSPS) is 13.6. The van der Waals surface area contributed by atoms with Gasteiger partial charge >= 0.3 is 12.1 Å². The number of amides is 2. The maximum absolute atomic E-state index is 11.4. The molecule has 2 amide bonds. The second-order valence-electron chi connectivity index (χ2n) is 3.37. The van der Waals surface area contributed by atoms with Gasteiger partial charge in [0.1, 0.15) is 6.61 Å². The quantitative estimate of drug-likeness (QED) is 0.536. The van der Waals surface area contributed by atoms with Crippen LogP contribution in [0.1, 0.15) is 13.8 Å². The first kappa shape index (κ1) is 14.2. The zero-order valence-electron chi connectivity index (χ0n) is 9.23. The molecule has 2 atom stereocenters. The van der Waals surface area contributed by atoms with Gasteiger partial charge in [0, 0.05) is 5.92 Å². The molecule has 7 nitrogen and oxygen atoms in total. The first-order valence-corrected chi connectivity index (χ1v) is 4.79. The van der Waals surface area contributed by atoms with Gasteiger partial charge in [-0.2, -0.15) is 0 Å². The lowest BCUT2D eigenvalue weighted by Crippen LogP contribution is -2.37. The molecular weight excluding hydrogens is 216 g/mol. The molecule has 0 saturated carbocycles.